The summed E-state index contributed by atoms with van der Waals surface area (Å²) in [4.78, 5) is 4.05. The van der Waals surface area contributed by atoms with Crippen LogP contribution in [0.3, 0.4) is 0 Å². The predicted octanol–water partition coefficient (Wildman–Crippen LogP) is 1.60. The SMILES string of the molecule is CCCn1cc(CNc2nc(C)no2)cn1. The highest BCUT2D eigenvalue weighted by Gasteiger charge is 2.02. The molecule has 86 valence electrons. The van der Waals surface area contributed by atoms with Crippen molar-refractivity contribution in [1.82, 2.24) is 19.9 Å². The highest BCUT2D eigenvalue weighted by atomic mass is 16.5. The topological polar surface area (TPSA) is 68.8 Å². The molecule has 0 spiro atoms. The smallest absolute Gasteiger partial charge is 0.321 e. The van der Waals surface area contributed by atoms with Crippen molar-refractivity contribution in [1.29, 1.82) is 0 Å². The van der Waals surface area contributed by atoms with E-state index in [0.29, 0.717) is 18.4 Å². The molecule has 0 saturated carbocycles. The molecule has 0 aliphatic rings. The molecule has 0 saturated heterocycles. The van der Waals surface area contributed by atoms with Gasteiger partial charge in [0.05, 0.1) is 6.20 Å². The molecule has 0 amide bonds. The summed E-state index contributed by atoms with van der Waals surface area (Å²) in [6.45, 7) is 5.50. The number of aromatic nitrogens is 4. The van der Waals surface area contributed by atoms with Crippen LogP contribution in [0.25, 0.3) is 0 Å². The molecule has 0 bridgehead atoms. The maximum atomic E-state index is 4.94. The van der Waals surface area contributed by atoms with Crippen LogP contribution in [-0.4, -0.2) is 19.9 Å². The van der Waals surface area contributed by atoms with Gasteiger partial charge in [-0.1, -0.05) is 12.1 Å². The molecule has 0 aliphatic heterocycles. The highest BCUT2D eigenvalue weighted by Crippen LogP contribution is 2.05. The van der Waals surface area contributed by atoms with Gasteiger partial charge in [0, 0.05) is 24.8 Å². The molecule has 2 aromatic rings. The molecule has 1 N–H and O–H groups in total. The molecule has 2 rings (SSSR count). The number of hydrogen-bond acceptors (Lipinski definition) is 5. The van der Waals surface area contributed by atoms with Crippen molar-refractivity contribution in [2.45, 2.75) is 33.4 Å². The molecule has 0 aromatic carbocycles. The molecule has 2 aromatic heterocycles. The second kappa shape index (κ2) is 4.78. The van der Waals surface area contributed by atoms with Gasteiger partial charge in [-0.3, -0.25) is 4.68 Å². The fourth-order valence-corrected chi connectivity index (χ4v) is 1.40. The van der Waals surface area contributed by atoms with E-state index in [1.54, 1.807) is 6.92 Å². The predicted molar refractivity (Wildman–Crippen MR) is 58.9 cm³/mol. The first-order valence-corrected chi connectivity index (χ1v) is 5.33. The van der Waals surface area contributed by atoms with Gasteiger partial charge in [0.1, 0.15) is 0 Å². The number of nitrogens with one attached hydrogen (secondary N) is 1. The van der Waals surface area contributed by atoms with E-state index in [1.165, 1.54) is 0 Å². The molecule has 16 heavy (non-hydrogen) atoms. The van der Waals surface area contributed by atoms with Crippen molar-refractivity contribution in [2.75, 3.05) is 5.32 Å². The van der Waals surface area contributed by atoms with Crippen LogP contribution in [0, 0.1) is 6.92 Å². The van der Waals surface area contributed by atoms with Crippen LogP contribution in [-0.2, 0) is 13.1 Å². The maximum Gasteiger partial charge on any atom is 0.321 e. The lowest BCUT2D eigenvalue weighted by molar-refractivity contribution is 0.425. The normalized spacial score (nSPS) is 10.6. The van der Waals surface area contributed by atoms with E-state index in [4.69, 9.17) is 4.52 Å². The van der Waals surface area contributed by atoms with Crippen molar-refractivity contribution in [3.63, 3.8) is 0 Å². The minimum Gasteiger partial charge on any atom is -0.334 e. The van der Waals surface area contributed by atoms with Crippen LogP contribution in [0.5, 0.6) is 0 Å². The van der Waals surface area contributed by atoms with E-state index in [1.807, 2.05) is 17.1 Å². The van der Waals surface area contributed by atoms with Gasteiger partial charge in [-0.15, -0.1) is 0 Å². The summed E-state index contributed by atoms with van der Waals surface area (Å²) in [6, 6.07) is 0.445. The molecule has 0 fully saturated rings. The Labute approximate surface area is 93.7 Å². The molecule has 6 heteroatoms. The monoisotopic (exact) mass is 221 g/mol. The first-order valence-electron chi connectivity index (χ1n) is 5.33. The van der Waals surface area contributed by atoms with Gasteiger partial charge in [0.15, 0.2) is 5.82 Å². The fourth-order valence-electron chi connectivity index (χ4n) is 1.40. The summed E-state index contributed by atoms with van der Waals surface area (Å²) < 4.78 is 6.87. The van der Waals surface area contributed by atoms with Crippen molar-refractivity contribution < 1.29 is 4.52 Å². The number of rotatable bonds is 5. The Morgan fingerprint density at radius 3 is 3.06 bits per heavy atom. The highest BCUT2D eigenvalue weighted by molar-refractivity contribution is 5.21. The summed E-state index contributed by atoms with van der Waals surface area (Å²) in [7, 11) is 0. The first kappa shape index (κ1) is 10.7. The molecule has 2 heterocycles. The maximum absolute atomic E-state index is 4.94. The Morgan fingerprint density at radius 1 is 1.50 bits per heavy atom. The van der Waals surface area contributed by atoms with Crippen LogP contribution in [0.4, 0.5) is 6.01 Å². The zero-order valence-electron chi connectivity index (χ0n) is 9.47. The summed E-state index contributed by atoms with van der Waals surface area (Å²) in [5, 5.41) is 11.0. The standard InChI is InChI=1S/C10H15N5O/c1-3-4-15-7-9(6-12-15)5-11-10-13-8(2)14-16-10/h6-7H,3-5H2,1-2H3,(H,11,13,14). The zero-order chi connectivity index (χ0) is 11.4. The quantitative estimate of drug-likeness (QED) is 0.830. The number of nitrogens with zero attached hydrogens (tertiary/aromatic N) is 4. The van der Waals surface area contributed by atoms with Crippen molar-refractivity contribution >= 4 is 6.01 Å². The van der Waals surface area contributed by atoms with Crippen molar-refractivity contribution in [3.8, 4) is 0 Å². The zero-order valence-corrected chi connectivity index (χ0v) is 9.47. The Bertz CT molecular complexity index is 448. The lowest BCUT2D eigenvalue weighted by Crippen LogP contribution is -1.99. The minimum absolute atomic E-state index is 0.445. The van der Waals surface area contributed by atoms with E-state index < -0.39 is 0 Å². The average Bonchev–Trinajstić information content (AvgIpc) is 2.85. The van der Waals surface area contributed by atoms with Gasteiger partial charge >= 0.3 is 6.01 Å². The van der Waals surface area contributed by atoms with Gasteiger partial charge < -0.3 is 9.84 Å². The van der Waals surface area contributed by atoms with Gasteiger partial charge in [-0.05, 0) is 13.3 Å². The Hall–Kier alpha value is -1.85. The summed E-state index contributed by atoms with van der Waals surface area (Å²) in [5.74, 6) is 0.629. The van der Waals surface area contributed by atoms with Crippen molar-refractivity contribution in [3.05, 3.63) is 23.8 Å². The van der Waals surface area contributed by atoms with Crippen LogP contribution < -0.4 is 5.32 Å². The van der Waals surface area contributed by atoms with Crippen LogP contribution >= 0.6 is 0 Å². The van der Waals surface area contributed by atoms with Crippen LogP contribution in [0.2, 0.25) is 0 Å². The minimum atomic E-state index is 0.445. The van der Waals surface area contributed by atoms with Gasteiger partial charge in [-0.25, -0.2) is 0 Å². The molecule has 0 atom stereocenters. The first-order chi connectivity index (χ1) is 7.78. The number of aryl methyl sites for hydroxylation is 2. The molecule has 6 nitrogen and oxygen atoms in total. The Kier molecular flexibility index (Phi) is 3.19. The van der Waals surface area contributed by atoms with Crippen molar-refractivity contribution in [2.24, 2.45) is 0 Å². The third kappa shape index (κ3) is 2.59. The fraction of sp³-hybridized carbons (Fsp3) is 0.500. The second-order valence-electron chi connectivity index (χ2n) is 3.61. The van der Waals surface area contributed by atoms with E-state index >= 15 is 0 Å². The van der Waals surface area contributed by atoms with Crippen LogP contribution in [0.15, 0.2) is 16.9 Å². The molecule has 0 unspecified atom stereocenters. The second-order valence-corrected chi connectivity index (χ2v) is 3.61. The third-order valence-electron chi connectivity index (χ3n) is 2.11. The van der Waals surface area contributed by atoms with Crippen LogP contribution in [0.1, 0.15) is 24.7 Å². The van der Waals surface area contributed by atoms with Gasteiger partial charge in [0.2, 0.25) is 0 Å². The molecular weight excluding hydrogens is 206 g/mol. The largest absolute Gasteiger partial charge is 0.334 e. The molecular formula is C10H15N5O. The number of hydrogen-bond donors (Lipinski definition) is 1. The lowest BCUT2D eigenvalue weighted by Gasteiger charge is -1.97. The molecule has 0 aliphatic carbocycles. The summed E-state index contributed by atoms with van der Waals surface area (Å²) >= 11 is 0. The summed E-state index contributed by atoms with van der Waals surface area (Å²) in [6.07, 6.45) is 4.93. The van der Waals surface area contributed by atoms with E-state index in [9.17, 15) is 0 Å². The van der Waals surface area contributed by atoms with E-state index in [2.05, 4.69) is 27.5 Å². The third-order valence-corrected chi connectivity index (χ3v) is 2.11. The van der Waals surface area contributed by atoms with E-state index in [-0.39, 0.29) is 0 Å². The summed E-state index contributed by atoms with van der Waals surface area (Å²) in [5.41, 5.74) is 1.10. The van der Waals surface area contributed by atoms with Gasteiger partial charge in [-0.2, -0.15) is 10.1 Å². The van der Waals surface area contributed by atoms with Gasteiger partial charge in [0.25, 0.3) is 0 Å². The molecule has 0 radical (unpaired) electrons. The Balaban J connectivity index is 1.89. The number of anilines is 1. The average molecular weight is 221 g/mol. The Morgan fingerprint density at radius 2 is 2.38 bits per heavy atom. The lowest BCUT2D eigenvalue weighted by atomic mass is 10.3. The van der Waals surface area contributed by atoms with E-state index in [0.717, 1.165) is 18.5 Å².